The summed E-state index contributed by atoms with van der Waals surface area (Å²) >= 11 is 0. The maximum atomic E-state index is 4.65. The molecule has 2 atom stereocenters. The van der Waals surface area contributed by atoms with Crippen molar-refractivity contribution < 1.29 is 0 Å². The van der Waals surface area contributed by atoms with Gasteiger partial charge in [-0.3, -0.25) is 0 Å². The number of fused-ring (bicyclic) bond motifs is 1. The van der Waals surface area contributed by atoms with Crippen molar-refractivity contribution in [3.63, 3.8) is 0 Å². The first-order chi connectivity index (χ1) is 10.2. The molecule has 2 aromatic rings. The second-order valence-electron chi connectivity index (χ2n) is 5.74. The van der Waals surface area contributed by atoms with Gasteiger partial charge in [-0.15, -0.1) is 5.10 Å². The van der Waals surface area contributed by atoms with Crippen LogP contribution in [0.2, 0.25) is 0 Å². The fourth-order valence-corrected chi connectivity index (χ4v) is 3.15. The first-order valence-corrected chi connectivity index (χ1v) is 7.79. The topological polar surface area (TPSA) is 50.7 Å². The molecule has 4 heteroatoms. The van der Waals surface area contributed by atoms with E-state index >= 15 is 0 Å². The predicted octanol–water partition coefficient (Wildman–Crippen LogP) is 3.34. The van der Waals surface area contributed by atoms with E-state index in [1.54, 1.807) is 0 Å². The number of hydrogen-bond acceptors (Lipinski definition) is 4. The van der Waals surface area contributed by atoms with Gasteiger partial charge in [0.2, 0.25) is 5.95 Å². The third kappa shape index (κ3) is 2.62. The molecule has 3 rings (SSSR count). The molecule has 0 saturated carbocycles. The number of benzene rings is 1. The van der Waals surface area contributed by atoms with Crippen molar-refractivity contribution in [1.82, 2.24) is 15.2 Å². The molecule has 0 saturated heterocycles. The Balaban J connectivity index is 1.87. The van der Waals surface area contributed by atoms with Crippen molar-refractivity contribution >= 4 is 5.95 Å². The lowest BCUT2D eigenvalue weighted by Gasteiger charge is -2.19. The molecule has 110 valence electrons. The molecule has 1 N–H and O–H groups in total. The summed E-state index contributed by atoms with van der Waals surface area (Å²) in [6.45, 7) is 6.47. The molecule has 1 aliphatic carbocycles. The molecule has 21 heavy (non-hydrogen) atoms. The van der Waals surface area contributed by atoms with E-state index in [1.807, 2.05) is 0 Å². The third-order valence-electron chi connectivity index (χ3n) is 4.29. The highest BCUT2D eigenvalue weighted by molar-refractivity contribution is 5.41. The van der Waals surface area contributed by atoms with Crippen LogP contribution in [0.3, 0.4) is 0 Å². The second kappa shape index (κ2) is 5.80. The van der Waals surface area contributed by atoms with Crippen LogP contribution in [0.15, 0.2) is 24.3 Å². The highest BCUT2D eigenvalue weighted by atomic mass is 15.2. The molecule has 1 aromatic heterocycles. The standard InChI is InChI=1S/C17H22N4/c1-4-14-15(5-2)20-21-17(18-14)19-16-11(3)10-12-8-6-7-9-13(12)16/h6-9,11,16H,4-5,10H2,1-3H3,(H,18,19,21). The summed E-state index contributed by atoms with van der Waals surface area (Å²) in [5, 5.41) is 12.1. The molecule has 1 heterocycles. The number of aryl methyl sites for hydroxylation is 2. The fourth-order valence-electron chi connectivity index (χ4n) is 3.15. The van der Waals surface area contributed by atoms with E-state index in [1.165, 1.54) is 11.1 Å². The van der Waals surface area contributed by atoms with Gasteiger partial charge in [-0.05, 0) is 36.3 Å². The van der Waals surface area contributed by atoms with Gasteiger partial charge in [-0.25, -0.2) is 4.98 Å². The first-order valence-electron chi connectivity index (χ1n) is 7.79. The Hall–Kier alpha value is -1.97. The van der Waals surface area contributed by atoms with Crippen LogP contribution >= 0.6 is 0 Å². The lowest BCUT2D eigenvalue weighted by atomic mass is 10.0. The highest BCUT2D eigenvalue weighted by Gasteiger charge is 2.29. The largest absolute Gasteiger partial charge is 0.346 e. The minimum absolute atomic E-state index is 0.278. The summed E-state index contributed by atoms with van der Waals surface area (Å²) in [6, 6.07) is 8.90. The Morgan fingerprint density at radius 2 is 1.86 bits per heavy atom. The first kappa shape index (κ1) is 14.0. The summed E-state index contributed by atoms with van der Waals surface area (Å²) in [5.74, 6) is 1.19. The molecular formula is C17H22N4. The third-order valence-corrected chi connectivity index (χ3v) is 4.29. The molecule has 4 nitrogen and oxygen atoms in total. The SMILES string of the molecule is CCc1nnc(NC2c3ccccc3CC2C)nc1CC. The molecule has 0 spiro atoms. The molecule has 0 bridgehead atoms. The zero-order chi connectivity index (χ0) is 14.8. The molecule has 0 radical (unpaired) electrons. The molecule has 0 aliphatic heterocycles. The van der Waals surface area contributed by atoms with Gasteiger partial charge in [0.05, 0.1) is 17.4 Å². The summed E-state index contributed by atoms with van der Waals surface area (Å²) in [7, 11) is 0. The number of rotatable bonds is 4. The van der Waals surface area contributed by atoms with E-state index < -0.39 is 0 Å². The van der Waals surface area contributed by atoms with Crippen LogP contribution in [0.4, 0.5) is 5.95 Å². The molecule has 0 amide bonds. The lowest BCUT2D eigenvalue weighted by molar-refractivity contribution is 0.537. The van der Waals surface area contributed by atoms with E-state index in [2.05, 4.69) is 65.5 Å². The van der Waals surface area contributed by atoms with Gasteiger partial charge in [0.15, 0.2) is 0 Å². The van der Waals surface area contributed by atoms with Gasteiger partial charge in [0.25, 0.3) is 0 Å². The highest BCUT2D eigenvalue weighted by Crippen LogP contribution is 2.37. The summed E-state index contributed by atoms with van der Waals surface area (Å²) in [4.78, 5) is 4.65. The minimum atomic E-state index is 0.278. The van der Waals surface area contributed by atoms with Gasteiger partial charge in [0.1, 0.15) is 0 Å². The van der Waals surface area contributed by atoms with E-state index in [0.717, 1.165) is 30.7 Å². The summed E-state index contributed by atoms with van der Waals surface area (Å²) < 4.78 is 0. The van der Waals surface area contributed by atoms with Gasteiger partial charge in [0, 0.05) is 0 Å². The zero-order valence-electron chi connectivity index (χ0n) is 12.9. The second-order valence-corrected chi connectivity index (χ2v) is 5.74. The minimum Gasteiger partial charge on any atom is -0.346 e. The summed E-state index contributed by atoms with van der Waals surface area (Å²) in [6.07, 6.45) is 2.88. The van der Waals surface area contributed by atoms with Crippen molar-refractivity contribution in [3.8, 4) is 0 Å². The molecule has 0 fully saturated rings. The van der Waals surface area contributed by atoms with Crippen molar-refractivity contribution in [2.75, 3.05) is 5.32 Å². The van der Waals surface area contributed by atoms with Gasteiger partial charge in [-0.1, -0.05) is 45.0 Å². The average molecular weight is 282 g/mol. The van der Waals surface area contributed by atoms with Crippen LogP contribution in [0, 0.1) is 5.92 Å². The summed E-state index contributed by atoms with van der Waals surface area (Å²) in [5.41, 5.74) is 4.85. The van der Waals surface area contributed by atoms with Crippen LogP contribution in [-0.2, 0) is 19.3 Å². The van der Waals surface area contributed by atoms with E-state index in [4.69, 9.17) is 0 Å². The number of nitrogens with one attached hydrogen (secondary N) is 1. The van der Waals surface area contributed by atoms with Crippen molar-refractivity contribution in [1.29, 1.82) is 0 Å². The Morgan fingerprint density at radius 1 is 1.10 bits per heavy atom. The Morgan fingerprint density at radius 3 is 2.62 bits per heavy atom. The Bertz CT molecular complexity index is 638. The maximum Gasteiger partial charge on any atom is 0.243 e. The van der Waals surface area contributed by atoms with Crippen molar-refractivity contribution in [3.05, 3.63) is 46.8 Å². The van der Waals surface area contributed by atoms with Crippen molar-refractivity contribution in [2.24, 2.45) is 5.92 Å². The Kier molecular flexibility index (Phi) is 3.86. The van der Waals surface area contributed by atoms with Gasteiger partial charge in [-0.2, -0.15) is 5.10 Å². The smallest absolute Gasteiger partial charge is 0.243 e. The number of nitrogens with zero attached hydrogens (tertiary/aromatic N) is 3. The van der Waals surface area contributed by atoms with Crippen LogP contribution < -0.4 is 5.32 Å². The maximum absolute atomic E-state index is 4.65. The molecule has 1 aliphatic rings. The quantitative estimate of drug-likeness (QED) is 0.934. The van der Waals surface area contributed by atoms with Crippen LogP contribution in [0.1, 0.15) is 49.3 Å². The average Bonchev–Trinajstić information content (AvgIpc) is 2.83. The van der Waals surface area contributed by atoms with Gasteiger partial charge >= 0.3 is 0 Å². The van der Waals surface area contributed by atoms with Crippen LogP contribution in [-0.4, -0.2) is 15.2 Å². The number of anilines is 1. The van der Waals surface area contributed by atoms with E-state index in [9.17, 15) is 0 Å². The number of aromatic nitrogens is 3. The van der Waals surface area contributed by atoms with Crippen LogP contribution in [0.25, 0.3) is 0 Å². The van der Waals surface area contributed by atoms with Crippen molar-refractivity contribution in [2.45, 2.75) is 46.1 Å². The van der Waals surface area contributed by atoms with Crippen LogP contribution in [0.5, 0.6) is 0 Å². The predicted molar refractivity (Wildman–Crippen MR) is 84.3 cm³/mol. The number of hydrogen-bond donors (Lipinski definition) is 1. The van der Waals surface area contributed by atoms with Gasteiger partial charge < -0.3 is 5.32 Å². The fraction of sp³-hybridized carbons (Fsp3) is 0.471. The van der Waals surface area contributed by atoms with E-state index in [-0.39, 0.29) is 6.04 Å². The zero-order valence-corrected chi connectivity index (χ0v) is 12.9. The molecular weight excluding hydrogens is 260 g/mol. The lowest BCUT2D eigenvalue weighted by Crippen LogP contribution is -2.17. The normalized spacial score (nSPS) is 20.3. The molecule has 1 aromatic carbocycles. The molecule has 2 unspecified atom stereocenters. The van der Waals surface area contributed by atoms with E-state index in [0.29, 0.717) is 11.9 Å². The monoisotopic (exact) mass is 282 g/mol. The Labute approximate surface area is 126 Å².